The fourth-order valence-electron chi connectivity index (χ4n) is 3.22. The van der Waals surface area contributed by atoms with Crippen LogP contribution in [0, 0.1) is 5.82 Å². The lowest BCUT2D eigenvalue weighted by atomic mass is 10.0. The number of H-pyrrole nitrogens is 1. The Morgan fingerprint density at radius 2 is 1.64 bits per heavy atom. The van der Waals surface area contributed by atoms with E-state index in [2.05, 4.69) is 19.9 Å². The fourth-order valence-corrected chi connectivity index (χ4v) is 3.22. The van der Waals surface area contributed by atoms with E-state index in [1.807, 2.05) is 30.3 Å². The van der Waals surface area contributed by atoms with Crippen molar-refractivity contribution in [1.82, 2.24) is 19.9 Å². The van der Waals surface area contributed by atoms with Gasteiger partial charge in [-0.2, -0.15) is 0 Å². The van der Waals surface area contributed by atoms with Crippen molar-refractivity contribution in [2.24, 2.45) is 0 Å². The van der Waals surface area contributed by atoms with Gasteiger partial charge in [0, 0.05) is 35.0 Å². The average molecular weight is 368 g/mol. The smallest absolute Gasteiger partial charge is 0.209 e. The lowest BCUT2D eigenvalue weighted by molar-refractivity contribution is 0.628. The van der Waals surface area contributed by atoms with E-state index < -0.39 is 0 Å². The quantitative estimate of drug-likeness (QED) is 0.503. The highest BCUT2D eigenvalue weighted by atomic mass is 19.1. The largest absolute Gasteiger partial charge is 0.345 e. The number of hydrogen-bond donors (Lipinski definition) is 1. The minimum Gasteiger partial charge on any atom is -0.345 e. The predicted octanol–water partition coefficient (Wildman–Crippen LogP) is 4.34. The number of halogens is 1. The number of hydrogen-bond acceptors (Lipinski definition) is 4. The van der Waals surface area contributed by atoms with Gasteiger partial charge in [0.25, 0.3) is 0 Å². The molecule has 0 unspecified atom stereocenters. The van der Waals surface area contributed by atoms with Crippen molar-refractivity contribution in [3.05, 3.63) is 89.1 Å². The zero-order chi connectivity index (χ0) is 19.1. The third-order valence-electron chi connectivity index (χ3n) is 4.58. The van der Waals surface area contributed by atoms with E-state index in [-0.39, 0.29) is 16.8 Å². The number of nitrogens with one attached hydrogen (secondary N) is 1. The maximum absolute atomic E-state index is 13.4. The number of benzene rings is 2. The first kappa shape index (κ1) is 16.3. The highest BCUT2D eigenvalue weighted by molar-refractivity contribution is 5.89. The predicted molar refractivity (Wildman–Crippen MR) is 106 cm³/mol. The third kappa shape index (κ3) is 2.72. The van der Waals surface area contributed by atoms with Gasteiger partial charge in [0.2, 0.25) is 5.43 Å². The van der Waals surface area contributed by atoms with E-state index >= 15 is 0 Å². The van der Waals surface area contributed by atoms with Gasteiger partial charge in [-0.25, -0.2) is 14.4 Å². The van der Waals surface area contributed by atoms with Crippen LogP contribution in [0.4, 0.5) is 4.39 Å². The summed E-state index contributed by atoms with van der Waals surface area (Å²) in [5, 5.41) is 0.953. The van der Waals surface area contributed by atoms with Crippen LogP contribution in [0.25, 0.3) is 44.6 Å². The highest BCUT2D eigenvalue weighted by Crippen LogP contribution is 2.31. The molecule has 0 aliphatic rings. The van der Waals surface area contributed by atoms with Crippen LogP contribution in [0.5, 0.6) is 0 Å². The lowest BCUT2D eigenvalue weighted by Crippen LogP contribution is -2.06. The Morgan fingerprint density at radius 1 is 0.857 bits per heavy atom. The molecule has 0 saturated carbocycles. The zero-order valence-electron chi connectivity index (χ0n) is 14.6. The molecule has 3 aromatic heterocycles. The Bertz CT molecular complexity index is 1390. The van der Waals surface area contributed by atoms with Crippen molar-refractivity contribution in [2.45, 2.75) is 0 Å². The molecule has 5 rings (SSSR count). The van der Waals surface area contributed by atoms with Crippen LogP contribution in [-0.2, 0) is 0 Å². The maximum Gasteiger partial charge on any atom is 0.209 e. The molecule has 0 fully saturated rings. The minimum atomic E-state index is -0.329. The van der Waals surface area contributed by atoms with Crippen LogP contribution in [0.3, 0.4) is 0 Å². The topological polar surface area (TPSA) is 71.5 Å². The van der Waals surface area contributed by atoms with E-state index in [1.165, 1.54) is 24.4 Å². The van der Waals surface area contributed by atoms with Crippen molar-refractivity contribution in [3.63, 3.8) is 0 Å². The van der Waals surface area contributed by atoms with Gasteiger partial charge < -0.3 is 4.98 Å². The molecule has 0 radical (unpaired) electrons. The van der Waals surface area contributed by atoms with E-state index in [0.717, 1.165) is 16.5 Å². The molecule has 5 nitrogen and oxygen atoms in total. The Morgan fingerprint density at radius 3 is 2.50 bits per heavy atom. The molecule has 0 saturated heterocycles. The van der Waals surface area contributed by atoms with Gasteiger partial charge in [-0.1, -0.05) is 12.1 Å². The van der Waals surface area contributed by atoms with Gasteiger partial charge >= 0.3 is 0 Å². The number of rotatable bonds is 2. The summed E-state index contributed by atoms with van der Waals surface area (Å²) in [6.07, 6.45) is 3.27. The molecule has 0 atom stereocenters. The van der Waals surface area contributed by atoms with Gasteiger partial charge in [-0.3, -0.25) is 9.78 Å². The summed E-state index contributed by atoms with van der Waals surface area (Å²) in [4.78, 5) is 28.9. The SMILES string of the molecule is O=c1cc[nH]c2nc(-c3ccc(F)cc3)c(-c3ccc4ncccc4c3)nc12. The van der Waals surface area contributed by atoms with E-state index in [9.17, 15) is 9.18 Å². The second-order valence-corrected chi connectivity index (χ2v) is 6.38. The molecule has 5 aromatic rings. The van der Waals surface area contributed by atoms with Crippen molar-refractivity contribution >= 4 is 22.1 Å². The van der Waals surface area contributed by atoms with E-state index in [0.29, 0.717) is 22.6 Å². The van der Waals surface area contributed by atoms with Gasteiger partial charge in [-0.15, -0.1) is 0 Å². The average Bonchev–Trinajstić information content (AvgIpc) is 2.73. The fraction of sp³-hybridized carbons (Fsp3) is 0. The summed E-state index contributed by atoms with van der Waals surface area (Å²) in [5.41, 5.74) is 3.93. The molecular formula is C22H13FN4O. The second-order valence-electron chi connectivity index (χ2n) is 6.38. The monoisotopic (exact) mass is 368 g/mol. The lowest BCUT2D eigenvalue weighted by Gasteiger charge is -2.11. The molecule has 2 aromatic carbocycles. The van der Waals surface area contributed by atoms with Gasteiger partial charge in [0.05, 0.1) is 16.9 Å². The molecule has 0 aliphatic carbocycles. The Labute approximate surface area is 158 Å². The number of aromatic amines is 1. The van der Waals surface area contributed by atoms with Crippen molar-refractivity contribution in [3.8, 4) is 22.5 Å². The third-order valence-corrected chi connectivity index (χ3v) is 4.58. The van der Waals surface area contributed by atoms with Gasteiger partial charge in [-0.05, 0) is 42.5 Å². The molecular weight excluding hydrogens is 355 g/mol. The zero-order valence-corrected chi connectivity index (χ0v) is 14.6. The van der Waals surface area contributed by atoms with Crippen molar-refractivity contribution in [2.75, 3.05) is 0 Å². The number of fused-ring (bicyclic) bond motifs is 2. The normalized spacial score (nSPS) is 11.2. The summed E-state index contributed by atoms with van der Waals surface area (Å²) in [6, 6.07) is 17.1. The van der Waals surface area contributed by atoms with Crippen LogP contribution in [0.15, 0.2) is 77.9 Å². The first-order chi connectivity index (χ1) is 13.7. The van der Waals surface area contributed by atoms with Gasteiger partial charge in [0.15, 0.2) is 11.2 Å². The van der Waals surface area contributed by atoms with Crippen LogP contribution >= 0.6 is 0 Å². The number of pyridine rings is 2. The standard InChI is InChI=1S/C22H13FN4O/c23-16-6-3-13(4-7-16)19-20(26-21-18(28)9-11-25-22(21)27-19)15-5-8-17-14(12-15)2-1-10-24-17/h1-12H,(H,25,27,28). The summed E-state index contributed by atoms with van der Waals surface area (Å²) < 4.78 is 13.4. The number of aromatic nitrogens is 4. The molecule has 0 amide bonds. The van der Waals surface area contributed by atoms with Crippen molar-refractivity contribution in [1.29, 1.82) is 0 Å². The molecule has 6 heteroatoms. The summed E-state index contributed by atoms with van der Waals surface area (Å²) in [5.74, 6) is -0.329. The molecule has 0 aliphatic heterocycles. The Kier molecular flexibility index (Phi) is 3.69. The summed E-state index contributed by atoms with van der Waals surface area (Å²) in [7, 11) is 0. The highest BCUT2D eigenvalue weighted by Gasteiger charge is 2.15. The van der Waals surface area contributed by atoms with Crippen LogP contribution in [0.1, 0.15) is 0 Å². The molecule has 0 bridgehead atoms. The molecule has 1 N–H and O–H groups in total. The summed E-state index contributed by atoms with van der Waals surface area (Å²) >= 11 is 0. The number of nitrogens with zero attached hydrogens (tertiary/aromatic N) is 3. The maximum atomic E-state index is 13.4. The molecule has 0 spiro atoms. The minimum absolute atomic E-state index is 0.212. The van der Waals surface area contributed by atoms with E-state index in [4.69, 9.17) is 0 Å². The van der Waals surface area contributed by atoms with E-state index in [1.54, 1.807) is 18.3 Å². The van der Waals surface area contributed by atoms with Crippen LogP contribution < -0.4 is 5.43 Å². The first-order valence-electron chi connectivity index (χ1n) is 8.69. The summed E-state index contributed by atoms with van der Waals surface area (Å²) in [6.45, 7) is 0. The van der Waals surface area contributed by atoms with Crippen LogP contribution in [0.2, 0.25) is 0 Å². The van der Waals surface area contributed by atoms with Crippen LogP contribution in [-0.4, -0.2) is 19.9 Å². The van der Waals surface area contributed by atoms with Crippen molar-refractivity contribution < 1.29 is 4.39 Å². The first-order valence-corrected chi connectivity index (χ1v) is 8.69. The Hall–Kier alpha value is -3.93. The molecule has 28 heavy (non-hydrogen) atoms. The molecule has 134 valence electrons. The molecule has 3 heterocycles. The second kappa shape index (κ2) is 6.35. The Balaban J connectivity index is 1.83. The van der Waals surface area contributed by atoms with Gasteiger partial charge in [0.1, 0.15) is 5.82 Å².